The molecule has 7 heteroatoms. The zero-order valence-electron chi connectivity index (χ0n) is 20.2. The Bertz CT molecular complexity index is 780. The zero-order chi connectivity index (χ0) is 22.3. The monoisotopic (exact) mass is 459 g/mol. The molecule has 6 rings (SSSR count). The molecule has 1 aromatic heterocycles. The summed E-state index contributed by atoms with van der Waals surface area (Å²) in [5.74, 6) is 4.27. The van der Waals surface area contributed by atoms with Crippen LogP contribution in [0.1, 0.15) is 102 Å². The van der Waals surface area contributed by atoms with Crippen LogP contribution in [-0.2, 0) is 4.79 Å². The predicted molar refractivity (Wildman–Crippen MR) is 129 cm³/mol. The van der Waals surface area contributed by atoms with Crippen molar-refractivity contribution in [1.82, 2.24) is 25.0 Å². The maximum Gasteiger partial charge on any atom is 0.230 e. The SMILES string of the molecule is CCC(c1nnc(SCC(=O)NC23CC4CC(CC(C4)C2)C3)n1C1CCCCC1)N(C)C. The van der Waals surface area contributed by atoms with Gasteiger partial charge in [-0.05, 0) is 89.6 Å². The molecule has 4 bridgehead atoms. The van der Waals surface area contributed by atoms with Gasteiger partial charge in [0.1, 0.15) is 0 Å². The molecule has 1 atom stereocenters. The normalized spacial score (nSPS) is 33.1. The Labute approximate surface area is 197 Å². The van der Waals surface area contributed by atoms with Crippen LogP contribution in [0.15, 0.2) is 5.16 Å². The number of hydrogen-bond acceptors (Lipinski definition) is 5. The van der Waals surface area contributed by atoms with Gasteiger partial charge in [0.15, 0.2) is 11.0 Å². The molecule has 1 heterocycles. The average Bonchev–Trinajstić information content (AvgIpc) is 3.15. The van der Waals surface area contributed by atoms with Crippen molar-refractivity contribution in [3.05, 3.63) is 5.82 Å². The first-order chi connectivity index (χ1) is 15.5. The Kier molecular flexibility index (Phi) is 6.58. The van der Waals surface area contributed by atoms with Gasteiger partial charge in [-0.25, -0.2) is 0 Å². The van der Waals surface area contributed by atoms with Crippen molar-refractivity contribution >= 4 is 17.7 Å². The van der Waals surface area contributed by atoms with Crippen LogP contribution in [0.2, 0.25) is 0 Å². The number of nitrogens with zero attached hydrogens (tertiary/aromatic N) is 4. The summed E-state index contributed by atoms with van der Waals surface area (Å²) >= 11 is 1.60. The van der Waals surface area contributed by atoms with Gasteiger partial charge >= 0.3 is 0 Å². The quantitative estimate of drug-likeness (QED) is 0.556. The van der Waals surface area contributed by atoms with E-state index in [1.807, 2.05) is 0 Å². The minimum Gasteiger partial charge on any atom is -0.350 e. The van der Waals surface area contributed by atoms with Gasteiger partial charge in [-0.1, -0.05) is 37.9 Å². The molecule has 1 unspecified atom stereocenters. The summed E-state index contributed by atoms with van der Waals surface area (Å²) in [5.41, 5.74) is 0.0901. The molecule has 0 aliphatic heterocycles. The molecule has 0 radical (unpaired) electrons. The maximum absolute atomic E-state index is 13.1. The molecule has 1 aromatic rings. The molecule has 6 nitrogen and oxygen atoms in total. The van der Waals surface area contributed by atoms with E-state index in [0.717, 1.165) is 35.2 Å². The first kappa shape index (κ1) is 22.7. The fourth-order valence-corrected chi connectivity index (χ4v) is 8.61. The highest BCUT2D eigenvalue weighted by Crippen LogP contribution is 2.55. The van der Waals surface area contributed by atoms with E-state index in [4.69, 9.17) is 0 Å². The van der Waals surface area contributed by atoms with Crippen LogP contribution in [0, 0.1) is 17.8 Å². The first-order valence-corrected chi connectivity index (χ1v) is 14.0. The maximum atomic E-state index is 13.1. The topological polar surface area (TPSA) is 63.1 Å². The summed E-state index contributed by atoms with van der Waals surface area (Å²) in [6, 6.07) is 0.732. The molecule has 5 fully saturated rings. The number of carbonyl (C=O) groups is 1. The fraction of sp³-hybridized carbons (Fsp3) is 0.880. The van der Waals surface area contributed by atoms with E-state index >= 15 is 0 Å². The molecule has 5 aliphatic rings. The van der Waals surface area contributed by atoms with Crippen molar-refractivity contribution in [2.45, 2.75) is 107 Å². The third kappa shape index (κ3) is 4.48. The van der Waals surface area contributed by atoms with Crippen LogP contribution in [-0.4, -0.2) is 51.0 Å². The second-order valence-electron chi connectivity index (χ2n) is 11.4. The Morgan fingerprint density at radius 1 is 1.09 bits per heavy atom. The largest absolute Gasteiger partial charge is 0.350 e. The second-order valence-corrected chi connectivity index (χ2v) is 12.4. The minimum absolute atomic E-state index is 0.0901. The van der Waals surface area contributed by atoms with Gasteiger partial charge in [-0.15, -0.1) is 10.2 Å². The standard InChI is InChI=1S/C25H41N5OS/c1-4-21(29(2)3)23-27-28-24(30(23)20-8-6-5-7-9-20)32-16-22(31)26-25-13-17-10-18(14-25)12-19(11-17)15-25/h17-21H,4-16H2,1-3H3,(H,26,31). The van der Waals surface area contributed by atoms with E-state index in [1.54, 1.807) is 11.8 Å². The second kappa shape index (κ2) is 9.28. The van der Waals surface area contributed by atoms with Crippen molar-refractivity contribution in [2.75, 3.05) is 19.8 Å². The molecule has 0 aromatic carbocycles. The molecule has 1 N–H and O–H groups in total. The lowest BCUT2D eigenvalue weighted by molar-refractivity contribution is -0.124. The van der Waals surface area contributed by atoms with E-state index < -0.39 is 0 Å². The Balaban J connectivity index is 1.28. The Hall–Kier alpha value is -1.08. The molecule has 1 amide bonds. The van der Waals surface area contributed by atoms with Crippen LogP contribution in [0.3, 0.4) is 0 Å². The third-order valence-corrected chi connectivity index (χ3v) is 9.66. The molecule has 178 valence electrons. The van der Waals surface area contributed by atoms with Gasteiger partial charge in [-0.3, -0.25) is 9.69 Å². The van der Waals surface area contributed by atoms with Crippen molar-refractivity contribution in [2.24, 2.45) is 17.8 Å². The van der Waals surface area contributed by atoms with Gasteiger partial charge < -0.3 is 9.88 Å². The van der Waals surface area contributed by atoms with Gasteiger partial charge in [0, 0.05) is 11.6 Å². The summed E-state index contributed by atoms with van der Waals surface area (Å²) in [4.78, 5) is 15.3. The van der Waals surface area contributed by atoms with E-state index in [2.05, 4.69) is 46.0 Å². The minimum atomic E-state index is 0.0901. The molecule has 5 saturated carbocycles. The first-order valence-electron chi connectivity index (χ1n) is 13.0. The Morgan fingerprint density at radius 3 is 2.28 bits per heavy atom. The van der Waals surface area contributed by atoms with Crippen LogP contribution in [0.5, 0.6) is 0 Å². The van der Waals surface area contributed by atoms with Gasteiger partial charge in [-0.2, -0.15) is 0 Å². The summed E-state index contributed by atoms with van der Waals surface area (Å²) in [6.45, 7) is 2.22. The molecule has 32 heavy (non-hydrogen) atoms. The molecular formula is C25H41N5OS. The van der Waals surface area contributed by atoms with Crippen LogP contribution >= 0.6 is 11.8 Å². The highest BCUT2D eigenvalue weighted by Gasteiger charge is 2.51. The third-order valence-electron chi connectivity index (χ3n) is 8.71. The molecule has 0 spiro atoms. The summed E-state index contributed by atoms with van der Waals surface area (Å²) in [7, 11) is 4.25. The lowest BCUT2D eigenvalue weighted by Crippen LogP contribution is -2.60. The average molecular weight is 460 g/mol. The number of carbonyl (C=O) groups excluding carboxylic acids is 1. The van der Waals surface area contributed by atoms with E-state index in [-0.39, 0.29) is 17.5 Å². The number of thioether (sulfide) groups is 1. The number of aromatic nitrogens is 3. The number of nitrogens with one attached hydrogen (secondary N) is 1. The summed E-state index contributed by atoms with van der Waals surface area (Å²) < 4.78 is 2.40. The molecule has 5 aliphatic carbocycles. The lowest BCUT2D eigenvalue weighted by atomic mass is 9.53. The predicted octanol–water partition coefficient (Wildman–Crippen LogP) is 4.97. The van der Waals surface area contributed by atoms with Crippen LogP contribution in [0.25, 0.3) is 0 Å². The van der Waals surface area contributed by atoms with Crippen LogP contribution in [0.4, 0.5) is 0 Å². The fourth-order valence-electron chi connectivity index (χ4n) is 7.80. The highest BCUT2D eigenvalue weighted by atomic mass is 32.2. The number of hydrogen-bond donors (Lipinski definition) is 1. The van der Waals surface area contributed by atoms with E-state index in [0.29, 0.717) is 11.8 Å². The lowest BCUT2D eigenvalue weighted by Gasteiger charge is -2.56. The van der Waals surface area contributed by atoms with Crippen molar-refractivity contribution in [1.29, 1.82) is 0 Å². The van der Waals surface area contributed by atoms with Gasteiger partial charge in [0.05, 0.1) is 11.8 Å². The van der Waals surface area contributed by atoms with Crippen molar-refractivity contribution in [3.8, 4) is 0 Å². The summed E-state index contributed by atoms with van der Waals surface area (Å²) in [5, 5.41) is 13.7. The zero-order valence-corrected chi connectivity index (χ0v) is 21.0. The van der Waals surface area contributed by atoms with Crippen LogP contribution < -0.4 is 5.32 Å². The van der Waals surface area contributed by atoms with E-state index in [1.165, 1.54) is 70.6 Å². The summed E-state index contributed by atoms with van der Waals surface area (Å²) in [6.07, 6.45) is 15.1. The van der Waals surface area contributed by atoms with Gasteiger partial charge in [0.25, 0.3) is 0 Å². The Morgan fingerprint density at radius 2 is 1.72 bits per heavy atom. The smallest absolute Gasteiger partial charge is 0.230 e. The van der Waals surface area contributed by atoms with Gasteiger partial charge in [0.2, 0.25) is 5.91 Å². The molecular weight excluding hydrogens is 418 g/mol. The number of amides is 1. The number of rotatable bonds is 8. The van der Waals surface area contributed by atoms with Crippen molar-refractivity contribution < 1.29 is 4.79 Å². The molecule has 0 saturated heterocycles. The van der Waals surface area contributed by atoms with E-state index in [9.17, 15) is 4.79 Å². The van der Waals surface area contributed by atoms with Crippen molar-refractivity contribution in [3.63, 3.8) is 0 Å². The highest BCUT2D eigenvalue weighted by molar-refractivity contribution is 7.99.